The van der Waals surface area contributed by atoms with Crippen LogP contribution < -0.4 is 0 Å². The number of hydrogen-bond acceptors (Lipinski definition) is 4. The maximum Gasteiger partial charge on any atom is 0.509 e. The van der Waals surface area contributed by atoms with Crippen LogP contribution in [0.15, 0.2) is 11.6 Å². The van der Waals surface area contributed by atoms with Crippen molar-refractivity contribution in [3.63, 3.8) is 0 Å². The highest BCUT2D eigenvalue weighted by atomic mass is 35.6. The Hall–Kier alpha value is 0.0569. The van der Waals surface area contributed by atoms with Crippen molar-refractivity contribution in [3.8, 4) is 0 Å². The van der Waals surface area contributed by atoms with Gasteiger partial charge in [-0.3, -0.25) is 0 Å². The Morgan fingerprint density at radius 1 is 1.29 bits per heavy atom. The maximum absolute atomic E-state index is 11.8. The molecule has 0 spiro atoms. The van der Waals surface area contributed by atoms with Crippen molar-refractivity contribution >= 4 is 49.3 Å². The molecule has 140 valence electrons. The summed E-state index contributed by atoms with van der Waals surface area (Å²) in [5.74, 6) is 0. The third-order valence-electron chi connectivity index (χ3n) is 4.49. The van der Waals surface area contributed by atoms with Crippen LogP contribution >= 0.6 is 34.8 Å². The van der Waals surface area contributed by atoms with Crippen LogP contribution in [0.4, 0.5) is 4.79 Å². The molecule has 0 bridgehead atoms. The molecule has 1 aliphatic carbocycles. The van der Waals surface area contributed by atoms with Crippen LogP contribution in [0.3, 0.4) is 0 Å². The van der Waals surface area contributed by atoms with E-state index < -0.39 is 18.3 Å². The van der Waals surface area contributed by atoms with Crippen LogP contribution in [0.25, 0.3) is 0 Å². The van der Waals surface area contributed by atoms with Crippen molar-refractivity contribution in [2.24, 2.45) is 0 Å². The zero-order chi connectivity index (χ0) is 18.6. The van der Waals surface area contributed by atoms with Gasteiger partial charge in [-0.05, 0) is 43.0 Å². The number of ether oxygens (including phenoxy) is 2. The number of allylic oxidation sites excluding steroid dienone is 1. The van der Waals surface area contributed by atoms with Gasteiger partial charge in [-0.15, -0.1) is 0 Å². The summed E-state index contributed by atoms with van der Waals surface area (Å²) in [6, 6.07) is 0. The summed E-state index contributed by atoms with van der Waals surface area (Å²) in [5.41, 5.74) is 0.983. The molecule has 8 heteroatoms. The number of halogens is 3. The summed E-state index contributed by atoms with van der Waals surface area (Å²) >= 11 is 16.7. The van der Waals surface area contributed by atoms with Crippen LogP contribution in [0.1, 0.15) is 40.0 Å². The van der Waals surface area contributed by atoms with Crippen molar-refractivity contribution in [2.75, 3.05) is 13.2 Å². The van der Waals surface area contributed by atoms with Crippen molar-refractivity contribution < 1.29 is 18.7 Å². The van der Waals surface area contributed by atoms with Gasteiger partial charge in [0.15, 0.2) is 8.32 Å². The lowest BCUT2D eigenvalue weighted by Gasteiger charge is -2.37. The second-order valence-electron chi connectivity index (χ2n) is 7.52. The fraction of sp³-hybridized carbons (Fsp3) is 0.812. The highest BCUT2D eigenvalue weighted by Crippen LogP contribution is 2.37. The molecule has 0 fully saturated rings. The number of alkyl halides is 3. The van der Waals surface area contributed by atoms with Crippen molar-refractivity contribution in [3.05, 3.63) is 11.6 Å². The van der Waals surface area contributed by atoms with Gasteiger partial charge in [0.2, 0.25) is 3.79 Å². The number of rotatable bonds is 5. The normalized spacial score (nSPS) is 19.7. The zero-order valence-corrected chi connectivity index (χ0v) is 18.2. The first-order chi connectivity index (χ1) is 10.8. The van der Waals surface area contributed by atoms with E-state index in [-0.39, 0.29) is 17.7 Å². The van der Waals surface area contributed by atoms with Crippen LogP contribution in [0, 0.1) is 0 Å². The average molecular weight is 418 g/mol. The van der Waals surface area contributed by atoms with E-state index in [1.54, 1.807) is 0 Å². The minimum Gasteiger partial charge on any atom is -0.430 e. The fourth-order valence-electron chi connectivity index (χ4n) is 1.97. The van der Waals surface area contributed by atoms with Gasteiger partial charge in [0.1, 0.15) is 12.7 Å². The Balaban J connectivity index is 2.60. The summed E-state index contributed by atoms with van der Waals surface area (Å²) in [6.45, 7) is 11.1. The van der Waals surface area contributed by atoms with E-state index in [4.69, 9.17) is 48.7 Å². The smallest absolute Gasteiger partial charge is 0.430 e. The topological polar surface area (TPSA) is 44.8 Å². The molecule has 0 heterocycles. The van der Waals surface area contributed by atoms with Gasteiger partial charge in [0.25, 0.3) is 0 Å². The summed E-state index contributed by atoms with van der Waals surface area (Å²) in [5, 5.41) is 0.127. The standard InChI is InChI=1S/C16H27Cl3O4Si/c1-15(2,3)24(4,5)22-10-12-8-6-7-9-13(12)23-14(20)21-11-16(17,18)19/h8,13H,6-7,9-11H2,1-5H3. The largest absolute Gasteiger partial charge is 0.509 e. The third kappa shape index (κ3) is 7.52. The summed E-state index contributed by atoms with van der Waals surface area (Å²) in [6.07, 6.45) is 3.57. The molecule has 0 N–H and O–H groups in total. The van der Waals surface area contributed by atoms with Crippen LogP contribution in [-0.4, -0.2) is 37.6 Å². The molecule has 24 heavy (non-hydrogen) atoms. The maximum atomic E-state index is 11.8. The number of carbonyl (C=O) groups excluding carboxylic acids is 1. The summed E-state index contributed by atoms with van der Waals surface area (Å²) in [4.78, 5) is 11.8. The molecular weight excluding hydrogens is 391 g/mol. The van der Waals surface area contributed by atoms with Crippen molar-refractivity contribution in [1.29, 1.82) is 0 Å². The predicted octanol–water partition coefficient (Wildman–Crippen LogP) is 6.01. The molecule has 0 aromatic heterocycles. The van der Waals surface area contributed by atoms with E-state index in [1.165, 1.54) is 0 Å². The van der Waals surface area contributed by atoms with Gasteiger partial charge in [0.05, 0.1) is 6.61 Å². The van der Waals surface area contributed by atoms with Gasteiger partial charge in [-0.25, -0.2) is 4.79 Å². The highest BCUT2D eigenvalue weighted by Gasteiger charge is 2.38. The second kappa shape index (κ2) is 8.63. The molecule has 1 aliphatic rings. The minimum atomic E-state index is -1.86. The van der Waals surface area contributed by atoms with E-state index in [0.717, 1.165) is 24.8 Å². The van der Waals surface area contributed by atoms with E-state index in [2.05, 4.69) is 39.9 Å². The highest BCUT2D eigenvalue weighted by molar-refractivity contribution is 6.74. The van der Waals surface area contributed by atoms with Gasteiger partial charge in [-0.2, -0.15) is 0 Å². The SMILES string of the molecule is CC(C)(C)[Si](C)(C)OCC1=CCCCC1OC(=O)OCC(Cl)(Cl)Cl. The Morgan fingerprint density at radius 2 is 1.92 bits per heavy atom. The fourth-order valence-corrected chi connectivity index (χ4v) is 3.09. The van der Waals surface area contributed by atoms with E-state index in [9.17, 15) is 4.79 Å². The Labute approximate surface area is 160 Å². The molecule has 1 unspecified atom stereocenters. The van der Waals surface area contributed by atoms with Crippen molar-refractivity contribution in [1.82, 2.24) is 0 Å². The lowest BCUT2D eigenvalue weighted by atomic mass is 9.97. The zero-order valence-electron chi connectivity index (χ0n) is 15.0. The first-order valence-electron chi connectivity index (χ1n) is 8.05. The second-order valence-corrected chi connectivity index (χ2v) is 14.8. The molecule has 0 saturated heterocycles. The molecule has 4 nitrogen and oxygen atoms in total. The Kier molecular flexibility index (Phi) is 7.94. The first-order valence-corrected chi connectivity index (χ1v) is 12.1. The Morgan fingerprint density at radius 3 is 2.46 bits per heavy atom. The summed E-state index contributed by atoms with van der Waals surface area (Å²) < 4.78 is 14.8. The molecular formula is C16H27Cl3O4Si. The first kappa shape index (κ1) is 22.1. The predicted molar refractivity (Wildman–Crippen MR) is 102 cm³/mol. The monoisotopic (exact) mass is 416 g/mol. The average Bonchev–Trinajstić information content (AvgIpc) is 2.42. The molecule has 0 radical (unpaired) electrons. The molecule has 0 aromatic rings. The lowest BCUT2D eigenvalue weighted by Crippen LogP contribution is -2.42. The van der Waals surface area contributed by atoms with Crippen LogP contribution in [0.2, 0.25) is 18.1 Å². The number of carbonyl (C=O) groups is 1. The van der Waals surface area contributed by atoms with Gasteiger partial charge < -0.3 is 13.9 Å². The van der Waals surface area contributed by atoms with Gasteiger partial charge >= 0.3 is 6.16 Å². The molecule has 1 rings (SSSR count). The lowest BCUT2D eigenvalue weighted by molar-refractivity contribution is 0.0281. The van der Waals surface area contributed by atoms with Gasteiger partial charge in [-0.1, -0.05) is 61.7 Å². The molecule has 0 aliphatic heterocycles. The molecule has 0 aromatic carbocycles. The van der Waals surface area contributed by atoms with Gasteiger partial charge in [0, 0.05) is 0 Å². The van der Waals surface area contributed by atoms with E-state index in [1.807, 2.05) is 0 Å². The Bertz CT molecular complexity index is 467. The van der Waals surface area contributed by atoms with Crippen LogP contribution in [0.5, 0.6) is 0 Å². The van der Waals surface area contributed by atoms with E-state index in [0.29, 0.717) is 6.61 Å². The summed E-state index contributed by atoms with van der Waals surface area (Å²) in [7, 11) is -1.86. The number of hydrogen-bond donors (Lipinski definition) is 0. The van der Waals surface area contributed by atoms with Crippen LogP contribution in [-0.2, 0) is 13.9 Å². The van der Waals surface area contributed by atoms with Crippen molar-refractivity contribution in [2.45, 2.75) is 68.1 Å². The molecule has 0 amide bonds. The quantitative estimate of drug-likeness (QED) is 0.238. The molecule has 0 saturated carbocycles. The third-order valence-corrected chi connectivity index (χ3v) is 9.29. The van der Waals surface area contributed by atoms with E-state index >= 15 is 0 Å². The molecule has 1 atom stereocenters. The minimum absolute atomic E-state index is 0.127.